The predicted molar refractivity (Wildman–Crippen MR) is 75.9 cm³/mol. The lowest BCUT2D eigenvalue weighted by molar-refractivity contribution is -0.143. The standard InChI is InChI=1S/C12H23N3O5S/c1-9-6-8-15(12(9)17)10(11(16)14-18)5-3-4-7-13-21(2,19)20/h9-10,13,18H,3-8H2,1-2H3,(H,14,16). The second-order valence-electron chi connectivity index (χ2n) is 5.38. The van der Waals surface area contributed by atoms with Gasteiger partial charge >= 0.3 is 0 Å². The van der Waals surface area contributed by atoms with Crippen LogP contribution in [-0.4, -0.2) is 55.7 Å². The quantitative estimate of drug-likeness (QED) is 0.315. The van der Waals surface area contributed by atoms with Gasteiger partial charge in [0.1, 0.15) is 6.04 Å². The molecule has 8 nitrogen and oxygen atoms in total. The summed E-state index contributed by atoms with van der Waals surface area (Å²) in [6, 6.07) is -0.703. The molecule has 122 valence electrons. The second-order valence-corrected chi connectivity index (χ2v) is 7.21. The minimum atomic E-state index is -3.21. The van der Waals surface area contributed by atoms with Crippen molar-refractivity contribution in [1.82, 2.24) is 15.1 Å². The number of hydrogen-bond acceptors (Lipinski definition) is 5. The fraction of sp³-hybridized carbons (Fsp3) is 0.833. The van der Waals surface area contributed by atoms with Crippen LogP contribution >= 0.6 is 0 Å². The molecule has 0 radical (unpaired) electrons. The van der Waals surface area contributed by atoms with Crippen LogP contribution in [-0.2, 0) is 19.6 Å². The molecule has 2 unspecified atom stereocenters. The largest absolute Gasteiger partial charge is 0.330 e. The molecule has 0 saturated carbocycles. The number of hydroxylamine groups is 1. The van der Waals surface area contributed by atoms with Gasteiger partial charge in [0.05, 0.1) is 6.26 Å². The monoisotopic (exact) mass is 321 g/mol. The molecule has 0 aromatic rings. The zero-order valence-corrected chi connectivity index (χ0v) is 13.1. The summed E-state index contributed by atoms with van der Waals surface area (Å²) in [5.74, 6) is -0.794. The highest BCUT2D eigenvalue weighted by molar-refractivity contribution is 7.88. The molecule has 1 saturated heterocycles. The Labute approximate surface area is 124 Å². The highest BCUT2D eigenvalue weighted by Gasteiger charge is 2.36. The first-order valence-corrected chi connectivity index (χ1v) is 8.84. The zero-order chi connectivity index (χ0) is 16.0. The van der Waals surface area contributed by atoms with Gasteiger partial charge in [-0.3, -0.25) is 14.8 Å². The summed E-state index contributed by atoms with van der Waals surface area (Å²) in [6.45, 7) is 2.60. The van der Waals surface area contributed by atoms with Gasteiger partial charge in [-0.05, 0) is 25.7 Å². The maximum atomic E-state index is 12.0. The van der Waals surface area contributed by atoms with Gasteiger partial charge in [0.2, 0.25) is 15.9 Å². The van der Waals surface area contributed by atoms with Crippen molar-refractivity contribution in [2.24, 2.45) is 5.92 Å². The van der Waals surface area contributed by atoms with Crippen molar-refractivity contribution in [3.63, 3.8) is 0 Å². The number of amides is 2. The van der Waals surface area contributed by atoms with Crippen molar-refractivity contribution in [3.05, 3.63) is 0 Å². The Hall–Kier alpha value is -1.19. The lowest BCUT2D eigenvalue weighted by atomic mass is 10.1. The number of nitrogens with zero attached hydrogens (tertiary/aromatic N) is 1. The van der Waals surface area contributed by atoms with Gasteiger partial charge in [0.15, 0.2) is 0 Å². The first kappa shape index (κ1) is 17.9. The number of rotatable bonds is 8. The molecule has 0 spiro atoms. The van der Waals surface area contributed by atoms with Crippen molar-refractivity contribution < 1.29 is 23.2 Å². The van der Waals surface area contributed by atoms with Gasteiger partial charge in [-0.1, -0.05) is 6.92 Å². The van der Waals surface area contributed by atoms with E-state index in [-0.39, 0.29) is 18.4 Å². The molecular weight excluding hydrogens is 298 g/mol. The van der Waals surface area contributed by atoms with Crippen molar-refractivity contribution in [2.45, 2.75) is 38.6 Å². The number of sulfonamides is 1. The molecule has 1 aliphatic heterocycles. The summed E-state index contributed by atoms with van der Waals surface area (Å²) in [7, 11) is -3.21. The fourth-order valence-corrected chi connectivity index (χ4v) is 2.90. The Morgan fingerprint density at radius 3 is 2.62 bits per heavy atom. The molecule has 1 aliphatic rings. The molecule has 3 N–H and O–H groups in total. The number of likely N-dealkylation sites (tertiary alicyclic amines) is 1. The van der Waals surface area contributed by atoms with Crippen molar-refractivity contribution in [1.29, 1.82) is 0 Å². The number of nitrogens with one attached hydrogen (secondary N) is 2. The first-order chi connectivity index (χ1) is 9.76. The molecular formula is C12H23N3O5S. The molecule has 1 fully saturated rings. The Morgan fingerprint density at radius 2 is 2.14 bits per heavy atom. The van der Waals surface area contributed by atoms with E-state index in [1.165, 1.54) is 4.90 Å². The number of unbranched alkanes of at least 4 members (excludes halogenated alkanes) is 1. The van der Waals surface area contributed by atoms with E-state index in [9.17, 15) is 18.0 Å². The number of carbonyl (C=O) groups excluding carboxylic acids is 2. The Kier molecular flexibility index (Phi) is 6.56. The Bertz CT molecular complexity index is 479. The highest BCUT2D eigenvalue weighted by atomic mass is 32.2. The van der Waals surface area contributed by atoms with E-state index in [0.29, 0.717) is 32.2 Å². The third-order valence-electron chi connectivity index (χ3n) is 3.57. The van der Waals surface area contributed by atoms with Crippen LogP contribution in [0.4, 0.5) is 0 Å². The average Bonchev–Trinajstić information content (AvgIpc) is 2.72. The van der Waals surface area contributed by atoms with E-state index < -0.39 is 22.0 Å². The van der Waals surface area contributed by atoms with Crippen LogP contribution in [0.2, 0.25) is 0 Å². The summed E-state index contributed by atoms with van der Waals surface area (Å²) in [6.07, 6.45) is 3.29. The molecule has 0 aromatic carbocycles. The molecule has 0 aliphatic carbocycles. The molecule has 0 bridgehead atoms. The fourth-order valence-electron chi connectivity index (χ4n) is 2.38. The van der Waals surface area contributed by atoms with Crippen LogP contribution in [0, 0.1) is 5.92 Å². The van der Waals surface area contributed by atoms with E-state index in [1.54, 1.807) is 5.48 Å². The van der Waals surface area contributed by atoms with Crippen LogP contribution in [0.5, 0.6) is 0 Å². The van der Waals surface area contributed by atoms with E-state index in [1.807, 2.05) is 6.92 Å². The predicted octanol–water partition coefficient (Wildman–Crippen LogP) is -0.552. The molecule has 2 amide bonds. The second kappa shape index (κ2) is 7.71. The summed E-state index contributed by atoms with van der Waals surface area (Å²) in [5.41, 5.74) is 1.60. The third kappa shape index (κ3) is 5.60. The van der Waals surface area contributed by atoms with Crippen LogP contribution in [0.25, 0.3) is 0 Å². The molecule has 9 heteroatoms. The van der Waals surface area contributed by atoms with Crippen LogP contribution in [0.1, 0.15) is 32.6 Å². The summed E-state index contributed by atoms with van der Waals surface area (Å²) >= 11 is 0. The maximum absolute atomic E-state index is 12.0. The molecule has 2 atom stereocenters. The molecule has 21 heavy (non-hydrogen) atoms. The van der Waals surface area contributed by atoms with E-state index >= 15 is 0 Å². The van der Waals surface area contributed by atoms with Crippen molar-refractivity contribution >= 4 is 21.8 Å². The Balaban J connectivity index is 2.48. The van der Waals surface area contributed by atoms with Gasteiger partial charge in [0.25, 0.3) is 5.91 Å². The van der Waals surface area contributed by atoms with Gasteiger partial charge < -0.3 is 4.90 Å². The van der Waals surface area contributed by atoms with Gasteiger partial charge in [0, 0.05) is 19.0 Å². The van der Waals surface area contributed by atoms with Crippen LogP contribution < -0.4 is 10.2 Å². The van der Waals surface area contributed by atoms with E-state index in [2.05, 4.69) is 4.72 Å². The van der Waals surface area contributed by atoms with Crippen LogP contribution in [0.3, 0.4) is 0 Å². The van der Waals surface area contributed by atoms with E-state index in [4.69, 9.17) is 5.21 Å². The minimum Gasteiger partial charge on any atom is -0.330 e. The SMILES string of the molecule is CC1CCN(C(CCCCNS(C)(=O)=O)C(=O)NO)C1=O. The topological polar surface area (TPSA) is 116 Å². The maximum Gasteiger partial charge on any atom is 0.266 e. The first-order valence-electron chi connectivity index (χ1n) is 6.95. The average molecular weight is 321 g/mol. The third-order valence-corrected chi connectivity index (χ3v) is 4.29. The van der Waals surface area contributed by atoms with E-state index in [0.717, 1.165) is 6.26 Å². The lowest BCUT2D eigenvalue weighted by Crippen LogP contribution is -2.47. The smallest absolute Gasteiger partial charge is 0.266 e. The normalized spacial score (nSPS) is 20.6. The van der Waals surface area contributed by atoms with Gasteiger partial charge in [-0.2, -0.15) is 0 Å². The molecule has 1 heterocycles. The summed E-state index contributed by atoms with van der Waals surface area (Å²) < 4.78 is 24.2. The number of hydrogen-bond donors (Lipinski definition) is 3. The lowest BCUT2D eigenvalue weighted by Gasteiger charge is -2.26. The van der Waals surface area contributed by atoms with Gasteiger partial charge in [-0.15, -0.1) is 0 Å². The minimum absolute atomic E-state index is 0.0853. The van der Waals surface area contributed by atoms with Crippen molar-refractivity contribution in [2.75, 3.05) is 19.3 Å². The van der Waals surface area contributed by atoms with Crippen LogP contribution in [0.15, 0.2) is 0 Å². The Morgan fingerprint density at radius 1 is 1.48 bits per heavy atom. The molecule has 1 rings (SSSR count). The number of carbonyl (C=O) groups is 2. The highest BCUT2D eigenvalue weighted by Crippen LogP contribution is 2.22. The molecule has 0 aromatic heterocycles. The summed E-state index contributed by atoms with van der Waals surface area (Å²) in [4.78, 5) is 25.2. The van der Waals surface area contributed by atoms with Crippen molar-refractivity contribution in [3.8, 4) is 0 Å². The van der Waals surface area contributed by atoms with Gasteiger partial charge in [-0.25, -0.2) is 18.6 Å². The summed E-state index contributed by atoms with van der Waals surface area (Å²) in [5, 5.41) is 8.80. The zero-order valence-electron chi connectivity index (χ0n) is 12.3.